The Morgan fingerprint density at radius 2 is 1.61 bits per heavy atom. The van der Waals surface area contributed by atoms with Crippen LogP contribution in [-0.4, -0.2) is 77.0 Å². The van der Waals surface area contributed by atoms with E-state index in [0.717, 1.165) is 70.2 Å². The third kappa shape index (κ3) is 5.79. The van der Waals surface area contributed by atoms with Gasteiger partial charge in [0, 0.05) is 56.9 Å². The van der Waals surface area contributed by atoms with E-state index in [9.17, 15) is 4.79 Å². The smallest absolute Gasteiger partial charge is 0.225 e. The zero-order chi connectivity index (χ0) is 22.5. The molecular formula is C26H42N6O. The van der Waals surface area contributed by atoms with Crippen molar-refractivity contribution in [1.29, 1.82) is 0 Å². The number of amides is 1. The summed E-state index contributed by atoms with van der Waals surface area (Å²) in [5.74, 6) is 2.61. The fourth-order valence-electron chi connectivity index (χ4n) is 6.06. The molecule has 5 rings (SSSR count). The molecule has 7 heteroatoms. The maximum absolute atomic E-state index is 12.6. The molecule has 1 unspecified atom stereocenters. The molecule has 7 nitrogen and oxygen atoms in total. The molecule has 4 aliphatic rings. The minimum atomic E-state index is 0.332. The van der Waals surface area contributed by atoms with Gasteiger partial charge in [-0.15, -0.1) is 0 Å². The summed E-state index contributed by atoms with van der Waals surface area (Å²) in [6, 6.07) is 3.05. The van der Waals surface area contributed by atoms with Gasteiger partial charge in [0.2, 0.25) is 11.9 Å². The first-order valence-electron chi connectivity index (χ1n) is 13.6. The molecular weight excluding hydrogens is 412 g/mol. The third-order valence-corrected chi connectivity index (χ3v) is 8.35. The first kappa shape index (κ1) is 22.9. The summed E-state index contributed by atoms with van der Waals surface area (Å²) in [4.78, 5) is 29.4. The first-order chi connectivity index (χ1) is 16.3. The molecule has 33 heavy (non-hydrogen) atoms. The molecule has 3 aliphatic heterocycles. The fraction of sp³-hybridized carbons (Fsp3) is 0.808. The maximum Gasteiger partial charge on any atom is 0.225 e. The normalized spacial score (nSPS) is 26.4. The Kier molecular flexibility index (Phi) is 7.64. The van der Waals surface area contributed by atoms with E-state index < -0.39 is 0 Å². The largest absolute Gasteiger partial charge is 0.356 e. The first-order valence-corrected chi connectivity index (χ1v) is 13.6. The predicted molar refractivity (Wildman–Crippen MR) is 132 cm³/mol. The lowest BCUT2D eigenvalue weighted by Gasteiger charge is -2.41. The van der Waals surface area contributed by atoms with E-state index in [4.69, 9.17) is 4.98 Å². The van der Waals surface area contributed by atoms with Crippen LogP contribution in [0.25, 0.3) is 0 Å². The molecule has 1 amide bonds. The molecule has 0 bridgehead atoms. The Morgan fingerprint density at radius 3 is 2.33 bits per heavy atom. The van der Waals surface area contributed by atoms with E-state index in [1.54, 1.807) is 0 Å². The average molecular weight is 455 g/mol. The maximum atomic E-state index is 12.6. The molecule has 1 N–H and O–H groups in total. The van der Waals surface area contributed by atoms with E-state index in [-0.39, 0.29) is 0 Å². The summed E-state index contributed by atoms with van der Waals surface area (Å²) in [6.07, 6.45) is 16.5. The van der Waals surface area contributed by atoms with Crippen molar-refractivity contribution in [3.63, 3.8) is 0 Å². The van der Waals surface area contributed by atoms with Crippen molar-refractivity contribution in [2.45, 2.75) is 89.1 Å². The monoisotopic (exact) mass is 454 g/mol. The van der Waals surface area contributed by atoms with Crippen LogP contribution in [0.3, 0.4) is 0 Å². The van der Waals surface area contributed by atoms with Crippen LogP contribution in [0.1, 0.15) is 77.0 Å². The van der Waals surface area contributed by atoms with Gasteiger partial charge < -0.3 is 15.1 Å². The van der Waals surface area contributed by atoms with Crippen molar-refractivity contribution in [2.24, 2.45) is 5.92 Å². The predicted octanol–water partition coefficient (Wildman–Crippen LogP) is 3.91. The van der Waals surface area contributed by atoms with E-state index in [2.05, 4.69) is 31.1 Å². The summed E-state index contributed by atoms with van der Waals surface area (Å²) in [5, 5.41) is 3.69. The second kappa shape index (κ2) is 11.0. The lowest BCUT2D eigenvalue weighted by Crippen LogP contribution is -2.50. The molecule has 4 heterocycles. The molecule has 0 aromatic carbocycles. The summed E-state index contributed by atoms with van der Waals surface area (Å²) < 4.78 is 0. The van der Waals surface area contributed by atoms with Gasteiger partial charge in [0.1, 0.15) is 5.82 Å². The number of hydrogen-bond donors (Lipinski definition) is 1. The van der Waals surface area contributed by atoms with Crippen LogP contribution in [0.2, 0.25) is 0 Å². The average Bonchev–Trinajstić information content (AvgIpc) is 3.22. The van der Waals surface area contributed by atoms with Crippen LogP contribution < -0.4 is 10.2 Å². The van der Waals surface area contributed by atoms with Crippen molar-refractivity contribution in [3.05, 3.63) is 12.3 Å². The molecule has 1 atom stereocenters. The van der Waals surface area contributed by atoms with E-state index in [1.807, 2.05) is 6.20 Å². The van der Waals surface area contributed by atoms with Crippen LogP contribution in [0.15, 0.2) is 12.3 Å². The van der Waals surface area contributed by atoms with Crippen molar-refractivity contribution in [1.82, 2.24) is 19.8 Å². The van der Waals surface area contributed by atoms with Gasteiger partial charge in [-0.1, -0.05) is 25.7 Å². The van der Waals surface area contributed by atoms with Crippen LogP contribution in [0.5, 0.6) is 0 Å². The molecule has 4 fully saturated rings. The molecule has 1 aromatic rings. The zero-order valence-corrected chi connectivity index (χ0v) is 20.3. The van der Waals surface area contributed by atoms with Gasteiger partial charge in [-0.05, 0) is 64.0 Å². The topological polar surface area (TPSA) is 64.6 Å². The van der Waals surface area contributed by atoms with Crippen molar-refractivity contribution in [2.75, 3.05) is 49.5 Å². The van der Waals surface area contributed by atoms with Gasteiger partial charge in [0.15, 0.2) is 0 Å². The molecule has 1 aliphatic carbocycles. The molecule has 0 spiro atoms. The lowest BCUT2D eigenvalue weighted by atomic mass is 9.84. The number of hydrogen-bond acceptors (Lipinski definition) is 6. The number of carbonyl (C=O) groups is 1. The summed E-state index contributed by atoms with van der Waals surface area (Å²) in [7, 11) is 0. The molecule has 182 valence electrons. The lowest BCUT2D eigenvalue weighted by molar-refractivity contribution is -0.139. The number of anilines is 2. The minimum absolute atomic E-state index is 0.332. The highest BCUT2D eigenvalue weighted by molar-refractivity contribution is 5.79. The standard InChI is InChI=1S/C26H42N6O/c33-25(21-8-7-9-21)31-18-12-23(13-19-31)32-17-6-3-10-22(20-32)28-26-27-14-11-24(29-26)30-15-4-1-2-5-16-30/h11,14,21-23H,1-10,12-13,15-20H2,(H,27,28,29). The summed E-state index contributed by atoms with van der Waals surface area (Å²) >= 11 is 0. The van der Waals surface area contributed by atoms with Crippen LogP contribution >= 0.6 is 0 Å². The Hall–Kier alpha value is -1.89. The van der Waals surface area contributed by atoms with Crippen LogP contribution in [0, 0.1) is 5.92 Å². The van der Waals surface area contributed by atoms with Gasteiger partial charge in [-0.25, -0.2) is 4.98 Å². The highest BCUT2D eigenvalue weighted by Crippen LogP contribution is 2.30. The SMILES string of the molecule is O=C(C1CCC1)N1CCC(N2CCCCC(Nc3nccc(N4CCCCCC4)n3)C2)CC1. The number of likely N-dealkylation sites (tertiary alicyclic amines) is 2. The molecule has 1 saturated carbocycles. The van der Waals surface area contributed by atoms with Gasteiger partial charge in [0.05, 0.1) is 0 Å². The van der Waals surface area contributed by atoms with Crippen LogP contribution in [-0.2, 0) is 4.79 Å². The zero-order valence-electron chi connectivity index (χ0n) is 20.3. The van der Waals surface area contributed by atoms with Crippen molar-refractivity contribution < 1.29 is 4.79 Å². The van der Waals surface area contributed by atoms with E-state index >= 15 is 0 Å². The Morgan fingerprint density at radius 1 is 0.848 bits per heavy atom. The Labute approximate surface area is 199 Å². The molecule has 0 radical (unpaired) electrons. The summed E-state index contributed by atoms with van der Waals surface area (Å²) in [5.41, 5.74) is 0. The van der Waals surface area contributed by atoms with Crippen LogP contribution in [0.4, 0.5) is 11.8 Å². The van der Waals surface area contributed by atoms with Crippen molar-refractivity contribution >= 4 is 17.7 Å². The van der Waals surface area contributed by atoms with Gasteiger partial charge in [-0.3, -0.25) is 9.69 Å². The molecule has 3 saturated heterocycles. The van der Waals surface area contributed by atoms with E-state index in [0.29, 0.717) is 23.9 Å². The van der Waals surface area contributed by atoms with Gasteiger partial charge in [-0.2, -0.15) is 4.98 Å². The Bertz CT molecular complexity index is 768. The summed E-state index contributed by atoms with van der Waals surface area (Å²) in [6.45, 7) is 6.32. The highest BCUT2D eigenvalue weighted by atomic mass is 16.2. The number of aromatic nitrogens is 2. The quantitative estimate of drug-likeness (QED) is 0.728. The second-order valence-corrected chi connectivity index (χ2v) is 10.7. The van der Waals surface area contributed by atoms with Gasteiger partial charge >= 0.3 is 0 Å². The molecule has 1 aromatic heterocycles. The highest BCUT2D eigenvalue weighted by Gasteiger charge is 2.34. The Balaban J connectivity index is 1.16. The number of rotatable bonds is 5. The number of nitrogens with one attached hydrogen (secondary N) is 1. The van der Waals surface area contributed by atoms with Gasteiger partial charge in [0.25, 0.3) is 0 Å². The van der Waals surface area contributed by atoms with E-state index in [1.165, 1.54) is 57.9 Å². The number of piperidine rings is 1. The van der Waals surface area contributed by atoms with Crippen molar-refractivity contribution in [3.8, 4) is 0 Å². The second-order valence-electron chi connectivity index (χ2n) is 10.7. The fourth-order valence-corrected chi connectivity index (χ4v) is 6.06. The number of nitrogens with zero attached hydrogens (tertiary/aromatic N) is 5. The number of carbonyl (C=O) groups excluding carboxylic acids is 1. The third-order valence-electron chi connectivity index (χ3n) is 8.35. The minimum Gasteiger partial charge on any atom is -0.356 e.